The summed E-state index contributed by atoms with van der Waals surface area (Å²) in [6.07, 6.45) is 2.61. The Kier molecular flexibility index (Phi) is 7.57. The monoisotopic (exact) mass is 536 g/mol. The maximum Gasteiger partial charge on any atom is 0.318 e. The van der Waals surface area contributed by atoms with Gasteiger partial charge in [0.2, 0.25) is 5.91 Å². The molecule has 1 saturated heterocycles. The molecule has 1 fully saturated rings. The summed E-state index contributed by atoms with van der Waals surface area (Å²) >= 11 is 12.1. The third kappa shape index (κ3) is 5.00. The summed E-state index contributed by atoms with van der Waals surface area (Å²) < 4.78 is 0. The van der Waals surface area contributed by atoms with Crippen molar-refractivity contribution in [3.05, 3.63) is 93.5 Å². The predicted molar refractivity (Wildman–Crippen MR) is 147 cm³/mol. The van der Waals surface area contributed by atoms with Gasteiger partial charge in [-0.2, -0.15) is 0 Å². The van der Waals surface area contributed by atoms with Crippen LogP contribution in [0.2, 0.25) is 10.0 Å². The van der Waals surface area contributed by atoms with Crippen LogP contribution < -0.4 is 0 Å². The van der Waals surface area contributed by atoms with Crippen LogP contribution in [0.3, 0.4) is 0 Å². The second-order valence-electron chi connectivity index (χ2n) is 9.91. The van der Waals surface area contributed by atoms with E-state index in [2.05, 4.69) is 4.90 Å². The lowest BCUT2D eigenvalue weighted by Crippen LogP contribution is -2.49. The zero-order chi connectivity index (χ0) is 26.0. The molecule has 0 radical (unpaired) electrons. The highest BCUT2D eigenvalue weighted by Gasteiger charge is 2.48. The fourth-order valence-electron chi connectivity index (χ4n) is 5.81. The number of hydrogen-bond acceptors (Lipinski definition) is 3. The van der Waals surface area contributed by atoms with Crippen molar-refractivity contribution in [2.45, 2.75) is 31.1 Å². The highest BCUT2D eigenvalue weighted by Crippen LogP contribution is 2.51. The van der Waals surface area contributed by atoms with Gasteiger partial charge in [-0.05, 0) is 59.3 Å². The fraction of sp³-hybridized carbons (Fsp3) is 0.333. The van der Waals surface area contributed by atoms with E-state index in [-0.39, 0.29) is 5.91 Å². The van der Waals surface area contributed by atoms with E-state index in [1.165, 1.54) is 0 Å². The Morgan fingerprint density at radius 2 is 1.43 bits per heavy atom. The number of aliphatic carboxylic acids is 1. The van der Waals surface area contributed by atoms with Crippen LogP contribution in [0, 0.1) is 0 Å². The standard InChI is InChI=1S/C30H30Cl2N2O3/c31-26-12-11-21(19-27(26)32)20-28(35)34-17-15-33(16-18-34)14-6-5-13-30(29(36)37)24-9-3-1-7-22(24)23-8-2-4-10-25(23)30/h1-4,7-12,19H,5-6,13-18,20H2,(H,36,37). The molecule has 1 aliphatic carbocycles. The van der Waals surface area contributed by atoms with Gasteiger partial charge >= 0.3 is 5.97 Å². The molecule has 3 aromatic rings. The third-order valence-corrected chi connectivity index (χ3v) is 8.51. The van der Waals surface area contributed by atoms with Gasteiger partial charge in [0.1, 0.15) is 5.41 Å². The number of rotatable bonds is 8. The number of amides is 1. The molecule has 2 aliphatic rings. The van der Waals surface area contributed by atoms with Gasteiger partial charge in [0, 0.05) is 26.2 Å². The van der Waals surface area contributed by atoms with Crippen molar-refractivity contribution < 1.29 is 14.7 Å². The first-order chi connectivity index (χ1) is 17.9. The normalized spacial score (nSPS) is 16.3. The molecular weight excluding hydrogens is 507 g/mol. The quantitative estimate of drug-likeness (QED) is 0.364. The number of carboxylic acid groups (broad SMARTS) is 1. The first-order valence-corrected chi connectivity index (χ1v) is 13.5. The summed E-state index contributed by atoms with van der Waals surface area (Å²) in [5.74, 6) is -0.681. The molecule has 1 aliphatic heterocycles. The second kappa shape index (κ2) is 10.9. The van der Waals surface area contributed by atoms with Crippen LogP contribution in [0.25, 0.3) is 11.1 Å². The van der Waals surface area contributed by atoms with Crippen molar-refractivity contribution >= 4 is 35.1 Å². The molecule has 7 heteroatoms. The Morgan fingerprint density at radius 3 is 2.03 bits per heavy atom. The Balaban J connectivity index is 1.15. The molecule has 5 rings (SSSR count). The highest BCUT2D eigenvalue weighted by atomic mass is 35.5. The lowest BCUT2D eigenvalue weighted by atomic mass is 9.74. The highest BCUT2D eigenvalue weighted by molar-refractivity contribution is 6.42. The summed E-state index contributed by atoms with van der Waals surface area (Å²) in [4.78, 5) is 29.8. The zero-order valence-electron chi connectivity index (χ0n) is 20.6. The van der Waals surface area contributed by atoms with E-state index in [0.717, 1.165) is 60.3 Å². The largest absolute Gasteiger partial charge is 0.480 e. The summed E-state index contributed by atoms with van der Waals surface area (Å²) in [5.41, 5.74) is 3.73. The third-order valence-electron chi connectivity index (χ3n) is 7.77. The maximum absolute atomic E-state index is 12.8. The molecule has 0 bridgehead atoms. The minimum atomic E-state index is -0.997. The van der Waals surface area contributed by atoms with E-state index in [1.807, 2.05) is 59.5 Å². The van der Waals surface area contributed by atoms with E-state index in [0.29, 0.717) is 36.0 Å². The summed E-state index contributed by atoms with van der Waals surface area (Å²) in [7, 11) is 0. The summed E-state index contributed by atoms with van der Waals surface area (Å²) in [5, 5.41) is 11.4. The minimum absolute atomic E-state index is 0.0972. The van der Waals surface area contributed by atoms with Crippen LogP contribution >= 0.6 is 23.2 Å². The number of unbranched alkanes of at least 4 members (excludes halogenated alkanes) is 1. The van der Waals surface area contributed by atoms with Gasteiger partial charge < -0.3 is 10.0 Å². The predicted octanol–water partition coefficient (Wildman–Crippen LogP) is 5.90. The van der Waals surface area contributed by atoms with E-state index >= 15 is 0 Å². The molecule has 37 heavy (non-hydrogen) atoms. The van der Waals surface area contributed by atoms with Crippen molar-refractivity contribution in [1.29, 1.82) is 0 Å². The Hall–Kier alpha value is -2.86. The number of carbonyl (C=O) groups excluding carboxylic acids is 1. The number of benzene rings is 3. The number of nitrogens with zero attached hydrogens (tertiary/aromatic N) is 2. The van der Waals surface area contributed by atoms with Gasteiger partial charge in [0.05, 0.1) is 16.5 Å². The van der Waals surface area contributed by atoms with Crippen LogP contribution in [0.15, 0.2) is 66.7 Å². The summed E-state index contributed by atoms with van der Waals surface area (Å²) in [6.45, 7) is 3.93. The van der Waals surface area contributed by atoms with Crippen LogP contribution in [0.1, 0.15) is 36.0 Å². The smallest absolute Gasteiger partial charge is 0.318 e. The molecule has 0 unspecified atom stereocenters. The molecule has 1 amide bonds. The summed E-state index contributed by atoms with van der Waals surface area (Å²) in [6, 6.07) is 21.1. The van der Waals surface area contributed by atoms with Crippen molar-refractivity contribution in [2.75, 3.05) is 32.7 Å². The molecule has 1 heterocycles. The van der Waals surface area contributed by atoms with Gasteiger partial charge in [-0.25, -0.2) is 0 Å². The molecule has 1 N–H and O–H groups in total. The minimum Gasteiger partial charge on any atom is -0.480 e. The number of carboxylic acids is 1. The molecule has 192 valence electrons. The second-order valence-corrected chi connectivity index (χ2v) is 10.7. The van der Waals surface area contributed by atoms with Crippen LogP contribution in [-0.4, -0.2) is 59.5 Å². The first-order valence-electron chi connectivity index (χ1n) is 12.8. The lowest BCUT2D eigenvalue weighted by Gasteiger charge is -2.35. The van der Waals surface area contributed by atoms with Crippen LogP contribution in [0.5, 0.6) is 0 Å². The van der Waals surface area contributed by atoms with Gasteiger partial charge in [-0.15, -0.1) is 0 Å². The number of piperazine rings is 1. The zero-order valence-corrected chi connectivity index (χ0v) is 22.1. The van der Waals surface area contributed by atoms with Crippen molar-refractivity contribution in [3.8, 4) is 11.1 Å². The number of fused-ring (bicyclic) bond motifs is 3. The topological polar surface area (TPSA) is 60.9 Å². The molecule has 0 aromatic heterocycles. The van der Waals surface area contributed by atoms with E-state index in [1.54, 1.807) is 12.1 Å². The van der Waals surface area contributed by atoms with Gasteiger partial charge in [0.15, 0.2) is 0 Å². The fourth-order valence-corrected chi connectivity index (χ4v) is 6.14. The molecule has 3 aromatic carbocycles. The molecule has 0 atom stereocenters. The number of carbonyl (C=O) groups is 2. The van der Waals surface area contributed by atoms with Gasteiger partial charge in [-0.1, -0.05) is 84.2 Å². The van der Waals surface area contributed by atoms with E-state index in [4.69, 9.17) is 23.2 Å². The SMILES string of the molecule is O=C(Cc1ccc(Cl)c(Cl)c1)N1CCN(CCCCC2(C(=O)O)c3ccccc3-c3ccccc32)CC1. The van der Waals surface area contributed by atoms with Crippen LogP contribution in [-0.2, 0) is 21.4 Å². The Bertz CT molecular complexity index is 1270. The van der Waals surface area contributed by atoms with Crippen molar-refractivity contribution in [1.82, 2.24) is 9.80 Å². The maximum atomic E-state index is 12.8. The average molecular weight is 537 g/mol. The van der Waals surface area contributed by atoms with E-state index < -0.39 is 11.4 Å². The van der Waals surface area contributed by atoms with Crippen LogP contribution in [0.4, 0.5) is 0 Å². The number of halogens is 2. The Morgan fingerprint density at radius 1 is 0.811 bits per heavy atom. The lowest BCUT2D eigenvalue weighted by molar-refractivity contribution is -0.142. The van der Waals surface area contributed by atoms with Gasteiger partial charge in [0.25, 0.3) is 0 Å². The molecule has 5 nitrogen and oxygen atoms in total. The number of hydrogen-bond donors (Lipinski definition) is 1. The van der Waals surface area contributed by atoms with Crippen molar-refractivity contribution in [2.24, 2.45) is 0 Å². The molecule has 0 saturated carbocycles. The van der Waals surface area contributed by atoms with E-state index in [9.17, 15) is 14.7 Å². The molecule has 0 spiro atoms. The average Bonchev–Trinajstić information content (AvgIpc) is 3.20. The van der Waals surface area contributed by atoms with Crippen molar-refractivity contribution in [3.63, 3.8) is 0 Å². The first kappa shape index (κ1) is 25.8. The Labute approximate surface area is 227 Å². The molecular formula is C30H30Cl2N2O3. The van der Waals surface area contributed by atoms with Gasteiger partial charge in [-0.3, -0.25) is 14.5 Å².